The third kappa shape index (κ3) is 3.01. The lowest BCUT2D eigenvalue weighted by molar-refractivity contribution is 0.414. The molecular formula is C17H15BrFNOS. The third-order valence-corrected chi connectivity index (χ3v) is 5.57. The van der Waals surface area contributed by atoms with Gasteiger partial charge in [-0.2, -0.15) is 0 Å². The van der Waals surface area contributed by atoms with Crippen molar-refractivity contribution in [3.63, 3.8) is 0 Å². The average Bonchev–Trinajstić information content (AvgIpc) is 2.96. The first-order valence-corrected chi connectivity index (χ1v) is 8.59. The molecule has 3 aromatic rings. The molecule has 0 amide bonds. The summed E-state index contributed by atoms with van der Waals surface area (Å²) in [6.45, 7) is 1.89. The summed E-state index contributed by atoms with van der Waals surface area (Å²) in [5, 5.41) is 1.84. The summed E-state index contributed by atoms with van der Waals surface area (Å²) in [4.78, 5) is 3.16. The maximum atomic E-state index is 14.0. The molecule has 5 heteroatoms. The third-order valence-electron chi connectivity index (χ3n) is 3.51. The first kappa shape index (κ1) is 15.4. The second kappa shape index (κ2) is 6.34. The standard InChI is InChI=1S/C17H15BrFNOS/c1-10-7-14(19)17-13(16(10)18)8-15(20-17)22-9-11-3-5-12(21-2)6-4-11/h3-8,20H,9H2,1-2H3. The summed E-state index contributed by atoms with van der Waals surface area (Å²) in [6, 6.07) is 11.5. The minimum atomic E-state index is -0.216. The van der Waals surface area contributed by atoms with Crippen LogP contribution in [0.5, 0.6) is 5.75 Å². The van der Waals surface area contributed by atoms with Crippen molar-refractivity contribution in [2.45, 2.75) is 17.7 Å². The van der Waals surface area contributed by atoms with E-state index in [9.17, 15) is 4.39 Å². The average molecular weight is 380 g/mol. The van der Waals surface area contributed by atoms with Crippen molar-refractivity contribution in [1.82, 2.24) is 4.98 Å². The van der Waals surface area contributed by atoms with Gasteiger partial charge in [0.25, 0.3) is 0 Å². The van der Waals surface area contributed by atoms with Crippen molar-refractivity contribution in [3.05, 3.63) is 57.8 Å². The topological polar surface area (TPSA) is 25.0 Å². The van der Waals surface area contributed by atoms with Gasteiger partial charge in [0.05, 0.1) is 17.7 Å². The van der Waals surface area contributed by atoms with E-state index in [1.165, 1.54) is 5.56 Å². The first-order valence-electron chi connectivity index (χ1n) is 6.81. The number of nitrogens with one attached hydrogen (secondary N) is 1. The summed E-state index contributed by atoms with van der Waals surface area (Å²) in [5.74, 6) is 1.45. The summed E-state index contributed by atoms with van der Waals surface area (Å²) >= 11 is 5.18. The van der Waals surface area contributed by atoms with Gasteiger partial charge < -0.3 is 9.72 Å². The van der Waals surface area contributed by atoms with Gasteiger partial charge in [0.2, 0.25) is 0 Å². The van der Waals surface area contributed by atoms with Gasteiger partial charge in [-0.1, -0.05) is 12.1 Å². The zero-order valence-electron chi connectivity index (χ0n) is 12.2. The van der Waals surface area contributed by atoms with Crippen molar-refractivity contribution in [2.75, 3.05) is 7.11 Å². The SMILES string of the molecule is COc1ccc(CSc2cc3c(Br)c(C)cc(F)c3[nH]2)cc1. The lowest BCUT2D eigenvalue weighted by Crippen LogP contribution is -1.84. The molecule has 0 fully saturated rings. The van der Waals surface area contributed by atoms with Crippen LogP contribution in [-0.2, 0) is 5.75 Å². The lowest BCUT2D eigenvalue weighted by atomic mass is 10.2. The number of methoxy groups -OCH3 is 1. The van der Waals surface area contributed by atoms with Gasteiger partial charge in [0, 0.05) is 15.6 Å². The monoisotopic (exact) mass is 379 g/mol. The van der Waals surface area contributed by atoms with Crippen LogP contribution in [0.25, 0.3) is 10.9 Å². The smallest absolute Gasteiger partial charge is 0.147 e. The largest absolute Gasteiger partial charge is 0.497 e. The number of aryl methyl sites for hydroxylation is 1. The normalized spacial score (nSPS) is 11.1. The zero-order chi connectivity index (χ0) is 15.7. The summed E-state index contributed by atoms with van der Waals surface area (Å²) in [6.07, 6.45) is 0. The minimum Gasteiger partial charge on any atom is -0.497 e. The highest BCUT2D eigenvalue weighted by atomic mass is 79.9. The van der Waals surface area contributed by atoms with Crippen molar-refractivity contribution in [2.24, 2.45) is 0 Å². The molecule has 0 unspecified atom stereocenters. The molecule has 0 radical (unpaired) electrons. The number of fused-ring (bicyclic) bond motifs is 1. The Morgan fingerprint density at radius 2 is 1.95 bits per heavy atom. The maximum Gasteiger partial charge on any atom is 0.147 e. The van der Waals surface area contributed by atoms with E-state index in [1.807, 2.05) is 37.3 Å². The van der Waals surface area contributed by atoms with Gasteiger partial charge in [-0.3, -0.25) is 0 Å². The molecule has 0 atom stereocenters. The predicted molar refractivity (Wildman–Crippen MR) is 93.2 cm³/mol. The highest BCUT2D eigenvalue weighted by Crippen LogP contribution is 2.34. The molecule has 2 aromatic carbocycles. The van der Waals surface area contributed by atoms with Crippen LogP contribution in [0.3, 0.4) is 0 Å². The van der Waals surface area contributed by atoms with E-state index in [4.69, 9.17) is 4.74 Å². The van der Waals surface area contributed by atoms with E-state index in [0.717, 1.165) is 32.0 Å². The van der Waals surface area contributed by atoms with Gasteiger partial charge in [-0.25, -0.2) is 4.39 Å². The molecule has 0 aliphatic carbocycles. The van der Waals surface area contributed by atoms with Crippen LogP contribution in [0, 0.1) is 12.7 Å². The van der Waals surface area contributed by atoms with Crippen LogP contribution < -0.4 is 4.74 Å². The fourth-order valence-electron chi connectivity index (χ4n) is 2.29. The summed E-state index contributed by atoms with van der Waals surface area (Å²) in [5.41, 5.74) is 2.64. The van der Waals surface area contributed by atoms with Crippen molar-refractivity contribution >= 4 is 38.6 Å². The molecule has 1 aromatic heterocycles. The Labute approximate surface area is 141 Å². The second-order valence-electron chi connectivity index (χ2n) is 5.05. The Kier molecular flexibility index (Phi) is 4.45. The van der Waals surface area contributed by atoms with E-state index in [0.29, 0.717) is 5.52 Å². The second-order valence-corrected chi connectivity index (χ2v) is 6.86. The van der Waals surface area contributed by atoms with Crippen molar-refractivity contribution < 1.29 is 9.13 Å². The highest BCUT2D eigenvalue weighted by molar-refractivity contribution is 9.10. The number of ether oxygens (including phenoxy) is 1. The van der Waals surface area contributed by atoms with Gasteiger partial charge in [-0.15, -0.1) is 11.8 Å². The zero-order valence-corrected chi connectivity index (χ0v) is 14.6. The summed E-state index contributed by atoms with van der Waals surface area (Å²) in [7, 11) is 1.66. The van der Waals surface area contributed by atoms with Crippen molar-refractivity contribution in [3.8, 4) is 5.75 Å². The van der Waals surface area contributed by atoms with Crippen LogP contribution in [0.1, 0.15) is 11.1 Å². The summed E-state index contributed by atoms with van der Waals surface area (Å²) < 4.78 is 20.1. The molecule has 0 saturated carbocycles. The maximum absolute atomic E-state index is 14.0. The molecule has 0 aliphatic heterocycles. The number of aromatic amines is 1. The van der Waals surface area contributed by atoms with Crippen molar-refractivity contribution in [1.29, 1.82) is 0 Å². The molecule has 1 N–H and O–H groups in total. The number of hydrogen-bond donors (Lipinski definition) is 1. The fraction of sp³-hybridized carbons (Fsp3) is 0.176. The van der Waals surface area contributed by atoms with E-state index < -0.39 is 0 Å². The molecule has 0 aliphatic rings. The Bertz CT molecular complexity index is 814. The van der Waals surface area contributed by atoms with Crippen LogP contribution in [0.4, 0.5) is 4.39 Å². The molecular weight excluding hydrogens is 365 g/mol. The molecule has 0 bridgehead atoms. The number of thioether (sulfide) groups is 1. The van der Waals surface area contributed by atoms with Gasteiger partial charge in [0.15, 0.2) is 0 Å². The number of rotatable bonds is 4. The Hall–Kier alpha value is -1.46. The fourth-order valence-corrected chi connectivity index (χ4v) is 3.61. The Morgan fingerprint density at radius 3 is 2.64 bits per heavy atom. The molecule has 2 nitrogen and oxygen atoms in total. The first-order chi connectivity index (χ1) is 10.6. The van der Waals surface area contributed by atoms with Gasteiger partial charge in [-0.05, 0) is 58.2 Å². The van der Waals surface area contributed by atoms with E-state index in [1.54, 1.807) is 24.9 Å². The Morgan fingerprint density at radius 1 is 1.23 bits per heavy atom. The van der Waals surface area contributed by atoms with Gasteiger partial charge in [0.1, 0.15) is 11.6 Å². The number of aromatic nitrogens is 1. The van der Waals surface area contributed by atoms with Crippen LogP contribution in [0.2, 0.25) is 0 Å². The lowest BCUT2D eigenvalue weighted by Gasteiger charge is -2.02. The van der Waals surface area contributed by atoms with Gasteiger partial charge >= 0.3 is 0 Å². The number of hydrogen-bond acceptors (Lipinski definition) is 2. The molecule has 114 valence electrons. The molecule has 0 saturated heterocycles. The number of halogens is 2. The van der Waals surface area contributed by atoms with E-state index in [-0.39, 0.29) is 5.82 Å². The van der Waals surface area contributed by atoms with E-state index in [2.05, 4.69) is 20.9 Å². The van der Waals surface area contributed by atoms with E-state index >= 15 is 0 Å². The quantitative estimate of drug-likeness (QED) is 0.589. The Balaban J connectivity index is 1.82. The number of benzene rings is 2. The molecule has 3 rings (SSSR count). The molecule has 22 heavy (non-hydrogen) atoms. The highest BCUT2D eigenvalue weighted by Gasteiger charge is 2.11. The minimum absolute atomic E-state index is 0.216. The predicted octanol–water partition coefficient (Wildman–Crippen LogP) is 5.68. The van der Waals surface area contributed by atoms with Crippen LogP contribution >= 0.6 is 27.7 Å². The van der Waals surface area contributed by atoms with Crippen LogP contribution in [0.15, 0.2) is 45.9 Å². The number of H-pyrrole nitrogens is 1. The van der Waals surface area contributed by atoms with Crippen LogP contribution in [-0.4, -0.2) is 12.1 Å². The molecule has 1 heterocycles. The molecule has 0 spiro atoms.